The first-order valence-corrected chi connectivity index (χ1v) is 9.73. The van der Waals surface area contributed by atoms with Crippen molar-refractivity contribution in [1.82, 2.24) is 19.9 Å². The average Bonchev–Trinajstić information content (AvgIpc) is 3.37. The van der Waals surface area contributed by atoms with Gasteiger partial charge in [0.1, 0.15) is 17.2 Å². The third-order valence-electron chi connectivity index (χ3n) is 5.78. The lowest BCUT2D eigenvalue weighted by molar-refractivity contribution is 0.0704. The highest BCUT2D eigenvalue weighted by Crippen LogP contribution is 2.46. The van der Waals surface area contributed by atoms with Crippen molar-refractivity contribution in [2.24, 2.45) is 0 Å². The van der Waals surface area contributed by atoms with Crippen molar-refractivity contribution in [1.29, 1.82) is 0 Å². The van der Waals surface area contributed by atoms with Crippen LogP contribution in [0.5, 0.6) is 0 Å². The molecule has 1 aliphatic carbocycles. The van der Waals surface area contributed by atoms with Crippen molar-refractivity contribution in [2.45, 2.75) is 37.3 Å². The maximum absolute atomic E-state index is 13.6. The first kappa shape index (κ1) is 18.2. The van der Waals surface area contributed by atoms with Gasteiger partial charge in [0.25, 0.3) is 5.91 Å². The standard InChI is InChI=1S/C21H20F2N4O2/c22-15-8-14(9-16(23)10-15)21(3-4-21)26-20(28)13-7-18-19(24-11-13)27(12-25-18)17-1-5-29-6-2-17/h7-12,17H,1-6H2,(H,26,28). The molecule has 8 heteroatoms. The predicted molar refractivity (Wildman–Crippen MR) is 101 cm³/mol. The van der Waals surface area contributed by atoms with Gasteiger partial charge in [0.2, 0.25) is 0 Å². The van der Waals surface area contributed by atoms with Gasteiger partial charge < -0.3 is 14.6 Å². The summed E-state index contributed by atoms with van der Waals surface area (Å²) in [6.07, 6.45) is 6.36. The number of hydrogen-bond acceptors (Lipinski definition) is 4. The van der Waals surface area contributed by atoms with Crippen LogP contribution in [0.2, 0.25) is 0 Å². The van der Waals surface area contributed by atoms with E-state index in [1.165, 1.54) is 18.3 Å². The van der Waals surface area contributed by atoms with E-state index in [0.717, 1.165) is 24.6 Å². The molecule has 1 amide bonds. The first-order valence-electron chi connectivity index (χ1n) is 9.73. The van der Waals surface area contributed by atoms with E-state index in [-0.39, 0.29) is 5.91 Å². The monoisotopic (exact) mass is 398 g/mol. The molecule has 29 heavy (non-hydrogen) atoms. The molecule has 6 nitrogen and oxygen atoms in total. The third-order valence-corrected chi connectivity index (χ3v) is 5.78. The molecule has 3 aromatic rings. The van der Waals surface area contributed by atoms with E-state index in [1.807, 2.05) is 4.57 Å². The molecule has 0 bridgehead atoms. The molecule has 1 saturated heterocycles. The molecule has 0 atom stereocenters. The van der Waals surface area contributed by atoms with Crippen LogP contribution in [0, 0.1) is 11.6 Å². The molecule has 5 rings (SSSR count). The van der Waals surface area contributed by atoms with Crippen molar-refractivity contribution in [2.75, 3.05) is 13.2 Å². The lowest BCUT2D eigenvalue weighted by atomic mass is 10.0. The molecule has 0 spiro atoms. The van der Waals surface area contributed by atoms with Crippen molar-refractivity contribution in [3.8, 4) is 0 Å². The summed E-state index contributed by atoms with van der Waals surface area (Å²) in [6.45, 7) is 1.43. The fourth-order valence-corrected chi connectivity index (χ4v) is 4.00. The zero-order valence-electron chi connectivity index (χ0n) is 15.7. The van der Waals surface area contributed by atoms with Crippen molar-refractivity contribution < 1.29 is 18.3 Å². The summed E-state index contributed by atoms with van der Waals surface area (Å²) in [5.41, 5.74) is 1.47. The number of benzene rings is 1. The molecule has 1 aliphatic heterocycles. The minimum Gasteiger partial charge on any atom is -0.381 e. The lowest BCUT2D eigenvalue weighted by Gasteiger charge is -2.23. The average molecular weight is 398 g/mol. The second-order valence-electron chi connectivity index (χ2n) is 7.76. The zero-order chi connectivity index (χ0) is 20.0. The Morgan fingerprint density at radius 2 is 1.83 bits per heavy atom. The number of hydrogen-bond donors (Lipinski definition) is 1. The molecule has 150 valence electrons. The molecule has 2 fully saturated rings. The number of carbonyl (C=O) groups excluding carboxylic acids is 1. The second-order valence-corrected chi connectivity index (χ2v) is 7.76. The van der Waals surface area contributed by atoms with Crippen LogP contribution in [0.15, 0.2) is 36.8 Å². The highest BCUT2D eigenvalue weighted by atomic mass is 19.1. The third kappa shape index (κ3) is 3.37. The van der Waals surface area contributed by atoms with E-state index in [4.69, 9.17) is 4.74 Å². The number of aromatic nitrogens is 3. The molecular formula is C21H20F2N4O2. The fraction of sp³-hybridized carbons (Fsp3) is 0.381. The van der Waals surface area contributed by atoms with E-state index < -0.39 is 17.2 Å². The summed E-state index contributed by atoms with van der Waals surface area (Å²) in [5.74, 6) is -1.63. The van der Waals surface area contributed by atoms with Crippen molar-refractivity contribution in [3.63, 3.8) is 0 Å². The number of imidazole rings is 1. The van der Waals surface area contributed by atoms with Gasteiger partial charge in [0, 0.05) is 31.5 Å². The molecule has 1 aromatic carbocycles. The summed E-state index contributed by atoms with van der Waals surface area (Å²) < 4.78 is 34.6. The van der Waals surface area contributed by atoms with Crippen LogP contribution < -0.4 is 5.32 Å². The minimum absolute atomic E-state index is 0.290. The number of nitrogens with zero attached hydrogens (tertiary/aromatic N) is 3. The molecule has 2 aromatic heterocycles. The Bertz CT molecular complexity index is 1070. The summed E-state index contributed by atoms with van der Waals surface area (Å²) in [5, 5.41) is 2.93. The number of rotatable bonds is 4. The number of fused-ring (bicyclic) bond motifs is 1. The molecule has 1 N–H and O–H groups in total. The van der Waals surface area contributed by atoms with E-state index in [2.05, 4.69) is 15.3 Å². The summed E-state index contributed by atoms with van der Waals surface area (Å²) in [7, 11) is 0. The van der Waals surface area contributed by atoms with Crippen LogP contribution in [0.1, 0.15) is 47.6 Å². The highest BCUT2D eigenvalue weighted by molar-refractivity contribution is 5.97. The van der Waals surface area contributed by atoms with E-state index in [0.29, 0.717) is 48.7 Å². The van der Waals surface area contributed by atoms with Gasteiger partial charge in [-0.2, -0.15) is 0 Å². The SMILES string of the molecule is O=C(NC1(c2cc(F)cc(F)c2)CC1)c1cnc2c(c1)ncn2C1CCOCC1. The molecule has 0 unspecified atom stereocenters. The van der Waals surface area contributed by atoms with Gasteiger partial charge >= 0.3 is 0 Å². The van der Waals surface area contributed by atoms with Crippen LogP contribution in [0.3, 0.4) is 0 Å². The van der Waals surface area contributed by atoms with Gasteiger partial charge in [-0.15, -0.1) is 0 Å². The van der Waals surface area contributed by atoms with Crippen LogP contribution in [0.25, 0.3) is 11.2 Å². The Morgan fingerprint density at radius 3 is 2.52 bits per heavy atom. The van der Waals surface area contributed by atoms with Gasteiger partial charge in [-0.05, 0) is 49.4 Å². The van der Waals surface area contributed by atoms with Gasteiger partial charge in [-0.1, -0.05) is 0 Å². The Kier molecular flexibility index (Phi) is 4.31. The van der Waals surface area contributed by atoms with Crippen molar-refractivity contribution in [3.05, 3.63) is 59.6 Å². The zero-order valence-corrected chi connectivity index (χ0v) is 15.7. The highest BCUT2D eigenvalue weighted by Gasteiger charge is 2.46. The van der Waals surface area contributed by atoms with E-state index in [9.17, 15) is 13.6 Å². The van der Waals surface area contributed by atoms with Crippen LogP contribution in [-0.4, -0.2) is 33.7 Å². The Hall–Kier alpha value is -2.87. The molecule has 0 radical (unpaired) electrons. The fourth-order valence-electron chi connectivity index (χ4n) is 4.00. The van der Waals surface area contributed by atoms with Gasteiger partial charge in [-0.25, -0.2) is 18.7 Å². The quantitative estimate of drug-likeness (QED) is 0.731. The van der Waals surface area contributed by atoms with Crippen LogP contribution >= 0.6 is 0 Å². The Labute approximate surface area is 165 Å². The van der Waals surface area contributed by atoms with Crippen molar-refractivity contribution >= 4 is 17.1 Å². The summed E-state index contributed by atoms with van der Waals surface area (Å²) in [4.78, 5) is 21.7. The Balaban J connectivity index is 1.38. The van der Waals surface area contributed by atoms with Gasteiger partial charge in [-0.3, -0.25) is 4.79 Å². The van der Waals surface area contributed by atoms with Crippen LogP contribution in [0.4, 0.5) is 8.78 Å². The number of carbonyl (C=O) groups is 1. The summed E-state index contributed by atoms with van der Waals surface area (Å²) >= 11 is 0. The predicted octanol–water partition coefficient (Wildman–Crippen LogP) is 3.48. The smallest absolute Gasteiger partial charge is 0.253 e. The number of halogens is 2. The summed E-state index contributed by atoms with van der Waals surface area (Å²) in [6, 6.07) is 5.36. The normalized spacial score (nSPS) is 18.7. The molecule has 3 heterocycles. The molecule has 1 saturated carbocycles. The molecular weight excluding hydrogens is 378 g/mol. The first-order chi connectivity index (χ1) is 14.0. The van der Waals surface area contributed by atoms with E-state index in [1.54, 1.807) is 12.4 Å². The maximum Gasteiger partial charge on any atom is 0.253 e. The Morgan fingerprint density at radius 1 is 1.10 bits per heavy atom. The topological polar surface area (TPSA) is 69.0 Å². The number of nitrogens with one attached hydrogen (secondary N) is 1. The number of amides is 1. The lowest BCUT2D eigenvalue weighted by Crippen LogP contribution is -2.35. The van der Waals surface area contributed by atoms with Gasteiger partial charge in [0.15, 0.2) is 5.65 Å². The minimum atomic E-state index is -0.726. The number of ether oxygens (including phenoxy) is 1. The largest absolute Gasteiger partial charge is 0.381 e. The second kappa shape index (κ2) is 6.88. The molecule has 2 aliphatic rings. The van der Waals surface area contributed by atoms with E-state index >= 15 is 0 Å². The van der Waals surface area contributed by atoms with Gasteiger partial charge in [0.05, 0.1) is 17.4 Å². The number of pyridine rings is 1. The van der Waals surface area contributed by atoms with Crippen LogP contribution in [-0.2, 0) is 10.3 Å². The maximum atomic E-state index is 13.6.